The molecule has 1 aliphatic heterocycles. The van der Waals surface area contributed by atoms with Gasteiger partial charge in [-0.3, -0.25) is 0 Å². The van der Waals surface area contributed by atoms with Gasteiger partial charge in [0.25, 0.3) is 0 Å². The van der Waals surface area contributed by atoms with E-state index in [1.807, 2.05) is 0 Å². The number of para-hydroxylation sites is 1. The Kier molecular flexibility index (Phi) is 4.01. The van der Waals surface area contributed by atoms with Crippen LogP contribution in [0, 0.1) is 13.8 Å². The van der Waals surface area contributed by atoms with Gasteiger partial charge in [-0.1, -0.05) is 42.5 Å². The fourth-order valence-electron chi connectivity index (χ4n) is 2.93. The van der Waals surface area contributed by atoms with Crippen LogP contribution in [0.2, 0.25) is 0 Å². The van der Waals surface area contributed by atoms with Crippen molar-refractivity contribution < 1.29 is 0 Å². The maximum absolute atomic E-state index is 2.31. The first-order valence-corrected chi connectivity index (χ1v) is 7.66. The van der Waals surface area contributed by atoms with E-state index in [0.717, 1.165) is 0 Å². The second-order valence-corrected chi connectivity index (χ2v) is 5.74. The molecule has 2 nitrogen and oxygen atoms in total. The lowest BCUT2D eigenvalue weighted by atomic mass is 10.1. The van der Waals surface area contributed by atoms with E-state index in [2.05, 4.69) is 103 Å². The summed E-state index contributed by atoms with van der Waals surface area (Å²) < 4.78 is 2.31. The van der Waals surface area contributed by atoms with Crippen molar-refractivity contribution >= 4 is 6.08 Å². The average Bonchev–Trinajstić information content (AvgIpc) is 2.81. The van der Waals surface area contributed by atoms with Crippen LogP contribution in [-0.2, 0) is 0 Å². The van der Waals surface area contributed by atoms with Gasteiger partial charge in [-0.15, -0.1) is 0 Å². The third kappa shape index (κ3) is 2.77. The molecule has 3 rings (SSSR count). The standard InChI is InChI=1S/C20H22N2/c1-16-15-18(12-13-19-9-7-8-14-21(19)3)17(2)22(16)20-10-5-4-6-11-20/h4-15,19H,1-3H3/b13-12+. The van der Waals surface area contributed by atoms with Crippen LogP contribution in [0.3, 0.4) is 0 Å². The molecule has 1 aliphatic rings. The molecule has 112 valence electrons. The monoisotopic (exact) mass is 290 g/mol. The van der Waals surface area contributed by atoms with Crippen LogP contribution >= 0.6 is 0 Å². The number of aromatic nitrogens is 1. The van der Waals surface area contributed by atoms with Crippen molar-refractivity contribution in [2.24, 2.45) is 0 Å². The molecule has 0 bridgehead atoms. The van der Waals surface area contributed by atoms with Crippen LogP contribution in [-0.4, -0.2) is 22.6 Å². The number of hydrogen-bond acceptors (Lipinski definition) is 1. The predicted molar refractivity (Wildman–Crippen MR) is 94.1 cm³/mol. The van der Waals surface area contributed by atoms with Gasteiger partial charge in [0.05, 0.1) is 6.04 Å². The van der Waals surface area contributed by atoms with Crippen LogP contribution in [0.5, 0.6) is 0 Å². The van der Waals surface area contributed by atoms with E-state index >= 15 is 0 Å². The zero-order chi connectivity index (χ0) is 15.5. The highest BCUT2D eigenvalue weighted by Crippen LogP contribution is 2.22. The Morgan fingerprint density at radius 1 is 1.05 bits per heavy atom. The summed E-state index contributed by atoms with van der Waals surface area (Å²) in [5.74, 6) is 0. The zero-order valence-electron chi connectivity index (χ0n) is 13.4. The fourth-order valence-corrected chi connectivity index (χ4v) is 2.93. The predicted octanol–water partition coefficient (Wildman–Crippen LogP) is 4.49. The van der Waals surface area contributed by atoms with Crippen molar-refractivity contribution in [3.63, 3.8) is 0 Å². The molecule has 0 aliphatic carbocycles. The topological polar surface area (TPSA) is 8.17 Å². The molecule has 1 atom stereocenters. The van der Waals surface area contributed by atoms with Gasteiger partial charge >= 0.3 is 0 Å². The van der Waals surface area contributed by atoms with E-state index in [4.69, 9.17) is 0 Å². The van der Waals surface area contributed by atoms with Gasteiger partial charge < -0.3 is 9.47 Å². The summed E-state index contributed by atoms with van der Waals surface area (Å²) in [5, 5.41) is 0. The molecule has 22 heavy (non-hydrogen) atoms. The second kappa shape index (κ2) is 6.10. The Morgan fingerprint density at radius 3 is 2.55 bits per heavy atom. The first-order chi connectivity index (χ1) is 10.7. The van der Waals surface area contributed by atoms with Crippen molar-refractivity contribution in [1.82, 2.24) is 9.47 Å². The van der Waals surface area contributed by atoms with Gasteiger partial charge in [0.15, 0.2) is 0 Å². The summed E-state index contributed by atoms with van der Waals surface area (Å²) in [6.07, 6.45) is 12.9. The lowest BCUT2D eigenvalue weighted by Gasteiger charge is -2.23. The van der Waals surface area contributed by atoms with Crippen molar-refractivity contribution in [2.75, 3.05) is 7.05 Å². The molecule has 2 heterocycles. The van der Waals surface area contributed by atoms with Gasteiger partial charge in [0.2, 0.25) is 0 Å². The fraction of sp³-hybridized carbons (Fsp3) is 0.200. The molecule has 2 heteroatoms. The van der Waals surface area contributed by atoms with Crippen molar-refractivity contribution in [2.45, 2.75) is 19.9 Å². The Hall–Kier alpha value is -2.48. The molecule has 0 spiro atoms. The highest BCUT2D eigenvalue weighted by Gasteiger charge is 2.10. The second-order valence-electron chi connectivity index (χ2n) is 5.74. The highest BCUT2D eigenvalue weighted by atomic mass is 15.1. The van der Waals surface area contributed by atoms with Crippen LogP contribution < -0.4 is 0 Å². The van der Waals surface area contributed by atoms with E-state index in [1.165, 1.54) is 22.6 Å². The van der Waals surface area contributed by atoms with Gasteiger partial charge in [-0.25, -0.2) is 0 Å². The van der Waals surface area contributed by atoms with Crippen LogP contribution in [0.1, 0.15) is 17.0 Å². The molecule has 0 fully saturated rings. The largest absolute Gasteiger partial charge is 0.371 e. The number of benzene rings is 1. The maximum atomic E-state index is 2.31. The number of nitrogens with zero attached hydrogens (tertiary/aromatic N) is 2. The summed E-state index contributed by atoms with van der Waals surface area (Å²) in [6, 6.07) is 13.1. The van der Waals surface area contributed by atoms with Crippen molar-refractivity contribution in [3.05, 3.63) is 83.9 Å². The Balaban J connectivity index is 1.90. The molecule has 1 aromatic carbocycles. The van der Waals surface area contributed by atoms with Crippen molar-refractivity contribution in [3.8, 4) is 5.69 Å². The summed E-state index contributed by atoms with van der Waals surface area (Å²) in [5.41, 5.74) is 5.03. The minimum atomic E-state index is 0.324. The van der Waals surface area contributed by atoms with E-state index in [-0.39, 0.29) is 0 Å². The molecule has 0 saturated heterocycles. The maximum Gasteiger partial charge on any atom is 0.0654 e. The smallest absolute Gasteiger partial charge is 0.0654 e. The lowest BCUT2D eigenvalue weighted by Crippen LogP contribution is -2.24. The van der Waals surface area contributed by atoms with Gasteiger partial charge in [-0.05, 0) is 49.9 Å². The highest BCUT2D eigenvalue weighted by molar-refractivity contribution is 5.57. The number of likely N-dealkylation sites (N-methyl/N-ethyl adjacent to an activating group) is 1. The number of rotatable bonds is 3. The minimum absolute atomic E-state index is 0.324. The third-order valence-corrected chi connectivity index (χ3v) is 4.17. The Bertz CT molecular complexity index is 733. The Morgan fingerprint density at radius 2 is 1.82 bits per heavy atom. The lowest BCUT2D eigenvalue weighted by molar-refractivity contribution is 0.434. The quantitative estimate of drug-likeness (QED) is 0.808. The summed E-state index contributed by atoms with van der Waals surface area (Å²) >= 11 is 0. The molecular formula is C20H22N2. The number of allylic oxidation sites excluding steroid dienone is 2. The zero-order valence-corrected chi connectivity index (χ0v) is 13.4. The molecule has 1 unspecified atom stereocenters. The SMILES string of the molecule is Cc1cc(/C=C/C2C=CC=CN2C)c(C)n1-c1ccccc1. The normalized spacial score (nSPS) is 17.6. The minimum Gasteiger partial charge on any atom is -0.371 e. The summed E-state index contributed by atoms with van der Waals surface area (Å²) in [7, 11) is 2.10. The first kappa shape index (κ1) is 14.5. The van der Waals surface area contributed by atoms with Crippen LogP contribution in [0.25, 0.3) is 11.8 Å². The van der Waals surface area contributed by atoms with Crippen LogP contribution in [0.4, 0.5) is 0 Å². The molecule has 0 saturated carbocycles. The summed E-state index contributed by atoms with van der Waals surface area (Å²) in [6.45, 7) is 4.34. The molecule has 0 radical (unpaired) electrons. The summed E-state index contributed by atoms with van der Waals surface area (Å²) in [4.78, 5) is 2.20. The number of hydrogen-bond donors (Lipinski definition) is 0. The van der Waals surface area contributed by atoms with Gasteiger partial charge in [0, 0.05) is 24.1 Å². The third-order valence-electron chi connectivity index (χ3n) is 4.17. The van der Waals surface area contributed by atoms with E-state index in [0.29, 0.717) is 6.04 Å². The van der Waals surface area contributed by atoms with Gasteiger partial charge in [0.1, 0.15) is 0 Å². The van der Waals surface area contributed by atoms with Crippen molar-refractivity contribution in [1.29, 1.82) is 0 Å². The molecule has 0 N–H and O–H groups in total. The van der Waals surface area contributed by atoms with E-state index < -0.39 is 0 Å². The van der Waals surface area contributed by atoms with E-state index in [1.54, 1.807) is 0 Å². The Labute approximate surface area is 132 Å². The van der Waals surface area contributed by atoms with Crippen LogP contribution in [0.15, 0.2) is 66.9 Å². The van der Waals surface area contributed by atoms with Gasteiger partial charge in [-0.2, -0.15) is 0 Å². The first-order valence-electron chi connectivity index (χ1n) is 7.66. The molecule has 1 aromatic heterocycles. The average molecular weight is 290 g/mol. The number of aryl methyl sites for hydroxylation is 1. The van der Waals surface area contributed by atoms with E-state index in [9.17, 15) is 0 Å². The molecular weight excluding hydrogens is 268 g/mol. The molecule has 2 aromatic rings. The molecule has 0 amide bonds.